The number of hydrogen-bond donors (Lipinski definition) is 2. The fourth-order valence-electron chi connectivity index (χ4n) is 5.55. The third-order valence-electron chi connectivity index (χ3n) is 7.75. The van der Waals surface area contributed by atoms with E-state index < -0.39 is 11.6 Å². The predicted octanol–water partition coefficient (Wildman–Crippen LogP) is 8.27. The Morgan fingerprint density at radius 2 is 1.07 bits per heavy atom. The largest absolute Gasteiger partial charge is 0.391 e. The number of aliphatic hydroxyl groups excluding tert-OH is 1. The minimum absolute atomic E-state index is 0.278. The molecule has 4 rings (SSSR count). The number of unbranched alkanes of at least 4 members (excludes halogenated alkanes) is 5. The standard InChI is InChI=1S/C37H45NO2/c1-2-3-4-5-6-19-28-36(39)35(30-40-29-31-20-11-7-12-21-31)38-37(32-22-13-8-14-23-32,33-24-15-9-16-25-33)34-26-17-10-18-27-34/h7-18,20-27,35-36,38-39H,2-6,19,28-30H2,1H3/t35-,36-/m0/s1. The highest BCUT2D eigenvalue weighted by atomic mass is 16.5. The molecule has 2 atom stereocenters. The van der Waals surface area contributed by atoms with Crippen LogP contribution in [-0.2, 0) is 16.9 Å². The van der Waals surface area contributed by atoms with Crippen molar-refractivity contribution in [3.8, 4) is 0 Å². The summed E-state index contributed by atoms with van der Waals surface area (Å²) < 4.78 is 6.29. The second-order valence-corrected chi connectivity index (χ2v) is 10.7. The fourth-order valence-corrected chi connectivity index (χ4v) is 5.55. The molecule has 0 aliphatic carbocycles. The van der Waals surface area contributed by atoms with E-state index in [1.54, 1.807) is 0 Å². The fraction of sp³-hybridized carbons (Fsp3) is 0.351. The van der Waals surface area contributed by atoms with Crippen LogP contribution in [0.15, 0.2) is 121 Å². The Kier molecular flexibility index (Phi) is 12.0. The van der Waals surface area contributed by atoms with Crippen LogP contribution in [-0.4, -0.2) is 23.9 Å². The van der Waals surface area contributed by atoms with Gasteiger partial charge in [-0.15, -0.1) is 0 Å². The second kappa shape index (κ2) is 16.1. The smallest absolute Gasteiger partial charge is 0.0951 e. The maximum Gasteiger partial charge on any atom is 0.0951 e. The van der Waals surface area contributed by atoms with Crippen LogP contribution in [0.3, 0.4) is 0 Å². The van der Waals surface area contributed by atoms with Gasteiger partial charge in [-0.2, -0.15) is 0 Å². The Bertz CT molecular complexity index is 1100. The molecule has 40 heavy (non-hydrogen) atoms. The van der Waals surface area contributed by atoms with Crippen LogP contribution in [0.4, 0.5) is 0 Å². The lowest BCUT2D eigenvalue weighted by Gasteiger charge is -2.41. The lowest BCUT2D eigenvalue weighted by Crippen LogP contribution is -2.55. The third-order valence-corrected chi connectivity index (χ3v) is 7.75. The molecule has 210 valence electrons. The maximum atomic E-state index is 11.7. The highest BCUT2D eigenvalue weighted by molar-refractivity contribution is 5.49. The molecule has 0 saturated carbocycles. The van der Waals surface area contributed by atoms with Gasteiger partial charge in [0.25, 0.3) is 0 Å². The zero-order chi connectivity index (χ0) is 27.9. The highest BCUT2D eigenvalue weighted by Crippen LogP contribution is 2.37. The van der Waals surface area contributed by atoms with Crippen molar-refractivity contribution in [2.45, 2.75) is 76.2 Å². The molecule has 0 unspecified atom stereocenters. The topological polar surface area (TPSA) is 41.5 Å². The number of ether oxygens (including phenoxy) is 1. The first-order valence-electron chi connectivity index (χ1n) is 15.0. The van der Waals surface area contributed by atoms with Crippen LogP contribution >= 0.6 is 0 Å². The van der Waals surface area contributed by atoms with Crippen LogP contribution in [0.25, 0.3) is 0 Å². The Hall–Kier alpha value is -3.24. The summed E-state index contributed by atoms with van der Waals surface area (Å²) in [5.74, 6) is 0. The number of hydrogen-bond acceptors (Lipinski definition) is 3. The molecule has 0 spiro atoms. The van der Waals surface area contributed by atoms with Gasteiger partial charge in [0.1, 0.15) is 0 Å². The second-order valence-electron chi connectivity index (χ2n) is 10.7. The van der Waals surface area contributed by atoms with Gasteiger partial charge in [-0.05, 0) is 28.7 Å². The van der Waals surface area contributed by atoms with Crippen molar-refractivity contribution >= 4 is 0 Å². The molecule has 3 nitrogen and oxygen atoms in total. The molecule has 3 heteroatoms. The quantitative estimate of drug-likeness (QED) is 0.106. The van der Waals surface area contributed by atoms with Gasteiger partial charge in [0.05, 0.1) is 30.9 Å². The van der Waals surface area contributed by atoms with Crippen LogP contribution < -0.4 is 5.32 Å². The van der Waals surface area contributed by atoms with E-state index >= 15 is 0 Å². The molecule has 0 aromatic heterocycles. The monoisotopic (exact) mass is 535 g/mol. The summed E-state index contributed by atoms with van der Waals surface area (Å²) in [4.78, 5) is 0. The summed E-state index contributed by atoms with van der Waals surface area (Å²) in [6.45, 7) is 3.16. The molecule has 0 amide bonds. The number of rotatable bonds is 17. The molecular weight excluding hydrogens is 490 g/mol. The summed E-state index contributed by atoms with van der Waals surface area (Å²) in [6, 6.07) is 41.7. The first-order chi connectivity index (χ1) is 19.7. The van der Waals surface area contributed by atoms with Crippen molar-refractivity contribution in [3.05, 3.63) is 144 Å². The van der Waals surface area contributed by atoms with Gasteiger partial charge in [0.2, 0.25) is 0 Å². The molecule has 0 fully saturated rings. The van der Waals surface area contributed by atoms with Gasteiger partial charge in [0, 0.05) is 0 Å². The average Bonchev–Trinajstić information content (AvgIpc) is 3.02. The Morgan fingerprint density at radius 3 is 1.57 bits per heavy atom. The van der Waals surface area contributed by atoms with Crippen LogP contribution in [0.1, 0.15) is 74.1 Å². The van der Waals surface area contributed by atoms with E-state index in [2.05, 4.69) is 115 Å². The first-order valence-corrected chi connectivity index (χ1v) is 15.0. The van der Waals surface area contributed by atoms with Crippen molar-refractivity contribution in [2.24, 2.45) is 0 Å². The Balaban J connectivity index is 1.66. The molecule has 0 bridgehead atoms. The molecule has 4 aromatic carbocycles. The van der Waals surface area contributed by atoms with Gasteiger partial charge in [-0.1, -0.05) is 167 Å². The Labute approximate surface area is 241 Å². The van der Waals surface area contributed by atoms with E-state index in [0.29, 0.717) is 13.2 Å². The van der Waals surface area contributed by atoms with E-state index in [1.807, 2.05) is 18.2 Å². The summed E-state index contributed by atoms with van der Waals surface area (Å²) >= 11 is 0. The summed E-state index contributed by atoms with van der Waals surface area (Å²) in [6.07, 6.45) is 7.39. The molecule has 0 radical (unpaired) electrons. The van der Waals surface area contributed by atoms with Crippen molar-refractivity contribution in [3.63, 3.8) is 0 Å². The number of aliphatic hydroxyl groups is 1. The molecule has 0 aliphatic rings. The van der Waals surface area contributed by atoms with Crippen molar-refractivity contribution in [1.82, 2.24) is 5.32 Å². The van der Waals surface area contributed by atoms with Crippen LogP contribution in [0.5, 0.6) is 0 Å². The summed E-state index contributed by atoms with van der Waals surface area (Å²) in [5, 5.41) is 15.7. The molecule has 0 saturated heterocycles. The normalized spacial score (nSPS) is 13.2. The van der Waals surface area contributed by atoms with E-state index in [4.69, 9.17) is 4.74 Å². The highest BCUT2D eigenvalue weighted by Gasteiger charge is 2.39. The van der Waals surface area contributed by atoms with Crippen LogP contribution in [0.2, 0.25) is 0 Å². The van der Waals surface area contributed by atoms with Gasteiger partial charge in [0.15, 0.2) is 0 Å². The van der Waals surface area contributed by atoms with Gasteiger partial charge in [-0.25, -0.2) is 0 Å². The summed E-state index contributed by atoms with van der Waals surface area (Å²) in [7, 11) is 0. The molecule has 0 heterocycles. The summed E-state index contributed by atoms with van der Waals surface area (Å²) in [5.41, 5.74) is 3.87. The average molecular weight is 536 g/mol. The zero-order valence-corrected chi connectivity index (χ0v) is 23.9. The zero-order valence-electron chi connectivity index (χ0n) is 23.9. The van der Waals surface area contributed by atoms with E-state index in [-0.39, 0.29) is 6.04 Å². The van der Waals surface area contributed by atoms with Crippen LogP contribution in [0, 0.1) is 0 Å². The maximum absolute atomic E-state index is 11.7. The minimum atomic E-state index is -0.660. The number of nitrogens with one attached hydrogen (secondary N) is 1. The molecular formula is C37H45NO2. The van der Waals surface area contributed by atoms with Gasteiger partial charge in [-0.3, -0.25) is 5.32 Å². The minimum Gasteiger partial charge on any atom is -0.391 e. The first kappa shape index (κ1) is 29.7. The lowest BCUT2D eigenvalue weighted by molar-refractivity contribution is 0.0286. The predicted molar refractivity (Wildman–Crippen MR) is 166 cm³/mol. The van der Waals surface area contributed by atoms with E-state index in [9.17, 15) is 5.11 Å². The SMILES string of the molecule is CCCCCCCC[C@H](O)[C@H](COCc1ccccc1)NC(c1ccccc1)(c1ccccc1)c1ccccc1. The van der Waals surface area contributed by atoms with Gasteiger partial charge < -0.3 is 9.84 Å². The third kappa shape index (κ3) is 8.14. The molecule has 4 aromatic rings. The van der Waals surface area contributed by atoms with E-state index in [1.165, 1.54) is 25.7 Å². The lowest BCUT2D eigenvalue weighted by atomic mass is 9.76. The van der Waals surface area contributed by atoms with E-state index in [0.717, 1.165) is 41.5 Å². The van der Waals surface area contributed by atoms with Crippen molar-refractivity contribution < 1.29 is 9.84 Å². The number of benzene rings is 4. The molecule has 2 N–H and O–H groups in total. The Morgan fingerprint density at radius 1 is 0.625 bits per heavy atom. The molecule has 0 aliphatic heterocycles. The van der Waals surface area contributed by atoms with Gasteiger partial charge >= 0.3 is 0 Å². The van der Waals surface area contributed by atoms with Crippen molar-refractivity contribution in [2.75, 3.05) is 6.61 Å². The van der Waals surface area contributed by atoms with Crippen molar-refractivity contribution in [1.29, 1.82) is 0 Å².